The summed E-state index contributed by atoms with van der Waals surface area (Å²) in [6.07, 6.45) is 0. The summed E-state index contributed by atoms with van der Waals surface area (Å²) in [6.45, 7) is 0. The summed E-state index contributed by atoms with van der Waals surface area (Å²) >= 11 is 0. The average Bonchev–Trinajstić information content (AvgIpc) is 2.12. The summed E-state index contributed by atoms with van der Waals surface area (Å²) in [5, 5.41) is 14.5. The minimum absolute atomic E-state index is 0.144. The van der Waals surface area contributed by atoms with E-state index in [4.69, 9.17) is 5.26 Å². The van der Waals surface area contributed by atoms with Crippen LogP contribution in [0.25, 0.3) is 0 Å². The summed E-state index contributed by atoms with van der Waals surface area (Å²) in [5.74, 6) is -0.819. The van der Waals surface area contributed by atoms with Crippen molar-refractivity contribution in [3.05, 3.63) is 11.6 Å². The third-order valence-electron chi connectivity index (χ3n) is 0.892. The largest absolute Gasteiger partial charge is 0.270 e. The van der Waals surface area contributed by atoms with E-state index in [1.54, 1.807) is 6.07 Å². The maximum absolute atomic E-state index is 12.2. The normalized spacial score (nSPS) is 9.00. The summed E-state index contributed by atoms with van der Waals surface area (Å²) in [7, 11) is 1.45. The molecule has 0 aliphatic carbocycles. The van der Waals surface area contributed by atoms with Crippen LogP contribution in [0, 0.1) is 17.3 Å². The fourth-order valence-electron chi connectivity index (χ4n) is 0.450. The van der Waals surface area contributed by atoms with Crippen molar-refractivity contribution in [2.24, 2.45) is 7.05 Å². The molecule has 0 saturated heterocycles. The Morgan fingerprint density at radius 3 is 2.67 bits per heavy atom. The number of rotatable bonds is 0. The molecule has 4 nitrogen and oxygen atoms in total. The highest BCUT2D eigenvalue weighted by molar-refractivity contribution is 5.16. The molecule has 1 rings (SSSR count). The Morgan fingerprint density at radius 2 is 2.44 bits per heavy atom. The molecular weight excluding hydrogens is 123 g/mol. The fraction of sp³-hybridized carbons (Fsp3) is 0.250. The number of nitrogens with zero attached hydrogens (tertiary/aromatic N) is 4. The molecule has 46 valence electrons. The molecule has 1 heterocycles. The second kappa shape index (κ2) is 1.82. The van der Waals surface area contributed by atoms with Gasteiger partial charge in [0, 0.05) is 7.05 Å². The molecule has 0 aliphatic heterocycles. The van der Waals surface area contributed by atoms with E-state index in [0.29, 0.717) is 0 Å². The minimum Gasteiger partial charge on any atom is -0.235 e. The van der Waals surface area contributed by atoms with Gasteiger partial charge in [-0.15, -0.1) is 0 Å². The maximum atomic E-state index is 12.2. The maximum Gasteiger partial charge on any atom is 0.270 e. The predicted molar refractivity (Wildman–Crippen MR) is 25.7 cm³/mol. The van der Waals surface area contributed by atoms with Crippen LogP contribution in [-0.4, -0.2) is 15.0 Å². The molecule has 0 aliphatic rings. The van der Waals surface area contributed by atoms with Gasteiger partial charge < -0.3 is 0 Å². The van der Waals surface area contributed by atoms with Crippen LogP contribution in [0.1, 0.15) is 5.69 Å². The van der Waals surface area contributed by atoms with Crippen molar-refractivity contribution in [1.29, 1.82) is 5.26 Å². The molecule has 0 spiro atoms. The fourth-order valence-corrected chi connectivity index (χ4v) is 0.450. The van der Waals surface area contributed by atoms with Gasteiger partial charge in [0.2, 0.25) is 0 Å². The van der Waals surface area contributed by atoms with Gasteiger partial charge in [-0.2, -0.15) is 9.65 Å². The van der Waals surface area contributed by atoms with Crippen LogP contribution in [-0.2, 0) is 7.05 Å². The number of nitriles is 1. The van der Waals surface area contributed by atoms with Crippen LogP contribution in [0.5, 0.6) is 0 Å². The first kappa shape index (κ1) is 5.69. The Kier molecular flexibility index (Phi) is 1.15. The number of hydrogen-bond donors (Lipinski definition) is 0. The molecule has 1 aromatic rings. The standard InChI is InChI=1S/C4H3FN4/c1-9-3(2-6)4(5)7-8-9/h1H3. The summed E-state index contributed by atoms with van der Waals surface area (Å²) in [5.41, 5.74) is -0.144. The topological polar surface area (TPSA) is 54.5 Å². The van der Waals surface area contributed by atoms with Crippen molar-refractivity contribution < 1.29 is 4.39 Å². The minimum atomic E-state index is -0.819. The van der Waals surface area contributed by atoms with Crippen molar-refractivity contribution in [3.8, 4) is 6.07 Å². The second-order valence-electron chi connectivity index (χ2n) is 1.46. The van der Waals surface area contributed by atoms with E-state index < -0.39 is 5.95 Å². The smallest absolute Gasteiger partial charge is 0.235 e. The zero-order chi connectivity index (χ0) is 6.85. The Hall–Kier alpha value is -1.44. The lowest BCUT2D eigenvalue weighted by Crippen LogP contribution is -1.93. The quantitative estimate of drug-likeness (QED) is 0.484. The van der Waals surface area contributed by atoms with Gasteiger partial charge >= 0.3 is 0 Å². The number of hydrogen-bond acceptors (Lipinski definition) is 3. The van der Waals surface area contributed by atoms with Crippen molar-refractivity contribution in [3.63, 3.8) is 0 Å². The lowest BCUT2D eigenvalue weighted by molar-refractivity contribution is 0.576. The van der Waals surface area contributed by atoms with Gasteiger partial charge in [0.05, 0.1) is 0 Å². The van der Waals surface area contributed by atoms with Crippen LogP contribution in [0.4, 0.5) is 4.39 Å². The number of aromatic nitrogens is 3. The monoisotopic (exact) mass is 126 g/mol. The van der Waals surface area contributed by atoms with E-state index in [9.17, 15) is 4.39 Å². The highest BCUT2D eigenvalue weighted by Gasteiger charge is 2.06. The zero-order valence-electron chi connectivity index (χ0n) is 4.67. The SMILES string of the molecule is Cn1nnc(F)c1C#N. The molecule has 0 unspecified atom stereocenters. The molecule has 0 radical (unpaired) electrons. The third kappa shape index (κ3) is 0.742. The first-order valence-corrected chi connectivity index (χ1v) is 2.21. The van der Waals surface area contributed by atoms with Crippen LogP contribution in [0.3, 0.4) is 0 Å². The van der Waals surface area contributed by atoms with E-state index in [2.05, 4.69) is 10.3 Å². The second-order valence-corrected chi connectivity index (χ2v) is 1.46. The van der Waals surface area contributed by atoms with E-state index in [0.717, 1.165) is 4.68 Å². The predicted octanol–water partition coefficient (Wildman–Crippen LogP) is -0.174. The molecule has 5 heteroatoms. The van der Waals surface area contributed by atoms with Crippen LogP contribution in [0.2, 0.25) is 0 Å². The van der Waals surface area contributed by atoms with Crippen molar-refractivity contribution in [2.45, 2.75) is 0 Å². The molecule has 0 fully saturated rings. The average molecular weight is 126 g/mol. The lowest BCUT2D eigenvalue weighted by atomic mass is 10.5. The van der Waals surface area contributed by atoms with Crippen LogP contribution >= 0.6 is 0 Å². The molecule has 0 saturated carbocycles. The van der Waals surface area contributed by atoms with Crippen molar-refractivity contribution >= 4 is 0 Å². The van der Waals surface area contributed by atoms with Crippen LogP contribution < -0.4 is 0 Å². The Morgan fingerprint density at radius 1 is 1.78 bits per heavy atom. The summed E-state index contributed by atoms with van der Waals surface area (Å²) in [4.78, 5) is 0. The Balaban J connectivity index is 3.27. The summed E-state index contributed by atoms with van der Waals surface area (Å²) < 4.78 is 13.3. The number of halogens is 1. The first-order valence-electron chi connectivity index (χ1n) is 2.21. The van der Waals surface area contributed by atoms with Crippen LogP contribution in [0.15, 0.2) is 0 Å². The van der Waals surface area contributed by atoms with E-state index in [1.807, 2.05) is 0 Å². The highest BCUT2D eigenvalue weighted by atomic mass is 19.1. The van der Waals surface area contributed by atoms with Gasteiger partial charge in [0.15, 0.2) is 5.69 Å². The molecule has 1 aromatic heterocycles. The van der Waals surface area contributed by atoms with E-state index >= 15 is 0 Å². The van der Waals surface area contributed by atoms with Gasteiger partial charge in [-0.3, -0.25) is 0 Å². The molecule has 0 amide bonds. The van der Waals surface area contributed by atoms with E-state index in [-0.39, 0.29) is 5.69 Å². The van der Waals surface area contributed by atoms with Gasteiger partial charge in [-0.25, -0.2) is 4.68 Å². The van der Waals surface area contributed by atoms with Gasteiger partial charge in [0.25, 0.3) is 5.95 Å². The molecule has 9 heavy (non-hydrogen) atoms. The highest BCUT2D eigenvalue weighted by Crippen LogP contribution is 1.96. The third-order valence-corrected chi connectivity index (χ3v) is 0.892. The molecule has 0 atom stereocenters. The lowest BCUT2D eigenvalue weighted by Gasteiger charge is -1.82. The van der Waals surface area contributed by atoms with Gasteiger partial charge in [-0.1, -0.05) is 10.3 Å². The van der Waals surface area contributed by atoms with Gasteiger partial charge in [-0.05, 0) is 0 Å². The van der Waals surface area contributed by atoms with Gasteiger partial charge in [0.1, 0.15) is 6.07 Å². The Labute approximate surface area is 50.5 Å². The Bertz CT molecular complexity index is 239. The molecule has 0 N–H and O–H groups in total. The summed E-state index contributed by atoms with van der Waals surface area (Å²) in [6, 6.07) is 1.61. The molecule has 0 bridgehead atoms. The first-order chi connectivity index (χ1) is 4.25. The van der Waals surface area contributed by atoms with Crippen molar-refractivity contribution in [1.82, 2.24) is 15.0 Å². The molecular formula is C4H3FN4. The zero-order valence-corrected chi connectivity index (χ0v) is 4.67. The molecule has 0 aromatic carbocycles. The number of aryl methyl sites for hydroxylation is 1. The van der Waals surface area contributed by atoms with E-state index in [1.165, 1.54) is 7.05 Å². The van der Waals surface area contributed by atoms with Crippen molar-refractivity contribution in [2.75, 3.05) is 0 Å².